The largest absolute Gasteiger partial charge is 0.481 e. The number of aliphatic carboxylic acids is 1. The number of benzene rings is 3. The van der Waals surface area contributed by atoms with Gasteiger partial charge in [0.05, 0.1) is 11.4 Å². The molecule has 3 aromatic carbocycles. The van der Waals surface area contributed by atoms with Gasteiger partial charge in [0.25, 0.3) is 0 Å². The van der Waals surface area contributed by atoms with Crippen molar-refractivity contribution in [3.8, 4) is 0 Å². The molecular formula is C27H26ClN3O3. The van der Waals surface area contributed by atoms with Crippen LogP contribution in [-0.4, -0.2) is 41.7 Å². The molecule has 0 spiro atoms. The van der Waals surface area contributed by atoms with Crippen LogP contribution in [0.15, 0.2) is 71.7 Å². The van der Waals surface area contributed by atoms with Gasteiger partial charge in [-0.1, -0.05) is 54.1 Å². The summed E-state index contributed by atoms with van der Waals surface area (Å²) in [7, 11) is 4.02. The van der Waals surface area contributed by atoms with Crippen LogP contribution >= 0.6 is 11.6 Å². The molecule has 1 atom stereocenters. The van der Waals surface area contributed by atoms with Crippen LogP contribution in [0.3, 0.4) is 0 Å². The molecule has 1 aliphatic rings. The first-order valence-electron chi connectivity index (χ1n) is 11.0. The Morgan fingerprint density at radius 3 is 2.53 bits per heavy atom. The van der Waals surface area contributed by atoms with Crippen LogP contribution in [0, 0.1) is 0 Å². The molecule has 0 fully saturated rings. The monoisotopic (exact) mass is 475 g/mol. The highest BCUT2D eigenvalue weighted by atomic mass is 35.5. The van der Waals surface area contributed by atoms with E-state index < -0.39 is 11.9 Å². The number of nitrogens with zero attached hydrogens (tertiary/aromatic N) is 2. The quantitative estimate of drug-likeness (QED) is 0.434. The Morgan fingerprint density at radius 2 is 1.82 bits per heavy atom. The van der Waals surface area contributed by atoms with E-state index in [9.17, 15) is 9.59 Å². The second-order valence-electron chi connectivity index (χ2n) is 8.65. The zero-order valence-electron chi connectivity index (χ0n) is 19.1. The van der Waals surface area contributed by atoms with Gasteiger partial charge in [-0.3, -0.25) is 14.6 Å². The Balaban J connectivity index is 1.77. The fourth-order valence-corrected chi connectivity index (χ4v) is 4.30. The third kappa shape index (κ3) is 5.53. The number of aliphatic imine (C=N–C) groups is 1. The number of fused-ring (bicyclic) bond motifs is 1. The minimum absolute atomic E-state index is 0.0676. The average Bonchev–Trinajstić information content (AvgIpc) is 3.11. The molecule has 6 nitrogen and oxygen atoms in total. The number of rotatable bonds is 8. The van der Waals surface area contributed by atoms with Gasteiger partial charge in [-0.25, -0.2) is 0 Å². The number of carboxylic acid groups (broad SMARTS) is 1. The second kappa shape index (κ2) is 10.2. The minimum Gasteiger partial charge on any atom is -0.481 e. The van der Waals surface area contributed by atoms with Gasteiger partial charge in [0.1, 0.15) is 5.92 Å². The number of hydrogen-bond donors (Lipinski definition) is 2. The fourth-order valence-electron chi connectivity index (χ4n) is 4.12. The number of carbonyl (C=O) groups is 2. The van der Waals surface area contributed by atoms with E-state index in [2.05, 4.69) is 16.3 Å². The summed E-state index contributed by atoms with van der Waals surface area (Å²) in [5, 5.41) is 12.5. The number of hydrogen-bond acceptors (Lipinski definition) is 4. The maximum atomic E-state index is 13.1. The first kappa shape index (κ1) is 23.7. The summed E-state index contributed by atoms with van der Waals surface area (Å²) in [5.74, 6) is -1.58. The number of aryl methyl sites for hydroxylation is 1. The van der Waals surface area contributed by atoms with Crippen molar-refractivity contribution in [3.63, 3.8) is 0 Å². The Morgan fingerprint density at radius 1 is 1.06 bits per heavy atom. The van der Waals surface area contributed by atoms with Crippen LogP contribution in [0.5, 0.6) is 0 Å². The van der Waals surface area contributed by atoms with Crippen LogP contribution in [0.1, 0.15) is 34.6 Å². The predicted molar refractivity (Wildman–Crippen MR) is 135 cm³/mol. The smallest absolute Gasteiger partial charge is 0.303 e. The van der Waals surface area contributed by atoms with Gasteiger partial charge in [-0.2, -0.15) is 0 Å². The maximum absolute atomic E-state index is 13.1. The van der Waals surface area contributed by atoms with Crippen LogP contribution in [0.25, 0.3) is 0 Å². The van der Waals surface area contributed by atoms with E-state index in [1.165, 1.54) is 0 Å². The molecule has 174 valence electrons. The molecule has 1 unspecified atom stereocenters. The summed E-state index contributed by atoms with van der Waals surface area (Å²) < 4.78 is 0. The Bertz CT molecular complexity index is 1250. The summed E-state index contributed by atoms with van der Waals surface area (Å²) in [6.07, 6.45) is 0.512. The molecule has 0 saturated carbocycles. The Kier molecular flexibility index (Phi) is 7.10. The van der Waals surface area contributed by atoms with Gasteiger partial charge in [0, 0.05) is 23.7 Å². The predicted octanol–water partition coefficient (Wildman–Crippen LogP) is 5.28. The lowest BCUT2D eigenvalue weighted by atomic mass is 9.90. The van der Waals surface area contributed by atoms with E-state index in [0.29, 0.717) is 22.8 Å². The first-order chi connectivity index (χ1) is 16.3. The molecule has 34 heavy (non-hydrogen) atoms. The normalized spacial score (nSPS) is 15.4. The van der Waals surface area contributed by atoms with Crippen molar-refractivity contribution in [2.75, 3.05) is 19.4 Å². The first-order valence-corrected chi connectivity index (χ1v) is 11.4. The lowest BCUT2D eigenvalue weighted by molar-refractivity contribution is -0.137. The van der Waals surface area contributed by atoms with Gasteiger partial charge >= 0.3 is 5.97 Å². The molecule has 0 saturated heterocycles. The molecule has 4 rings (SSSR count). The van der Waals surface area contributed by atoms with Crippen molar-refractivity contribution in [3.05, 3.63) is 94.0 Å². The van der Waals surface area contributed by atoms with Gasteiger partial charge < -0.3 is 15.3 Å². The van der Waals surface area contributed by atoms with Crippen molar-refractivity contribution in [2.24, 2.45) is 4.99 Å². The van der Waals surface area contributed by atoms with Gasteiger partial charge in [0.2, 0.25) is 5.91 Å². The zero-order chi connectivity index (χ0) is 24.2. The molecule has 0 bridgehead atoms. The maximum Gasteiger partial charge on any atom is 0.303 e. The SMILES string of the molecule is CN(C)Cc1cccc(N=C(c2ccc(CCC(=O)O)cc2)C2C(=O)Nc3cc(Cl)ccc32)c1. The van der Waals surface area contributed by atoms with Gasteiger partial charge in [-0.15, -0.1) is 0 Å². The number of halogens is 1. The number of carbonyl (C=O) groups excluding carboxylic acids is 1. The molecular weight excluding hydrogens is 450 g/mol. The standard InChI is InChI=1S/C27H26ClN3O3/c1-31(2)16-18-4-3-5-21(14-18)29-26(19-9-6-17(7-10-19)8-13-24(32)33)25-22-12-11-20(28)15-23(22)30-27(25)34/h3-7,9-12,14-15,25H,8,13,16H2,1-2H3,(H,30,34)(H,32,33). The van der Waals surface area contributed by atoms with Crippen molar-refractivity contribution in [1.82, 2.24) is 4.90 Å². The molecule has 3 aromatic rings. The molecule has 1 amide bonds. The molecule has 7 heteroatoms. The summed E-state index contributed by atoms with van der Waals surface area (Å²) in [6, 6.07) is 20.9. The van der Waals surface area contributed by atoms with Crippen LogP contribution in [0.2, 0.25) is 5.02 Å². The minimum atomic E-state index is -0.832. The lowest BCUT2D eigenvalue weighted by Crippen LogP contribution is -2.22. The lowest BCUT2D eigenvalue weighted by Gasteiger charge is -2.15. The number of amides is 1. The zero-order valence-corrected chi connectivity index (χ0v) is 19.8. The highest BCUT2D eigenvalue weighted by molar-refractivity contribution is 6.31. The van der Waals surface area contributed by atoms with Crippen LogP contribution in [-0.2, 0) is 22.6 Å². The number of nitrogens with one attached hydrogen (secondary N) is 1. The number of carboxylic acids is 1. The molecule has 1 heterocycles. The second-order valence-corrected chi connectivity index (χ2v) is 9.09. The summed E-state index contributed by atoms with van der Waals surface area (Å²) in [6.45, 7) is 0.780. The third-order valence-electron chi connectivity index (χ3n) is 5.66. The van der Waals surface area contributed by atoms with Crippen molar-refractivity contribution < 1.29 is 14.7 Å². The highest BCUT2D eigenvalue weighted by Gasteiger charge is 2.35. The third-order valence-corrected chi connectivity index (χ3v) is 5.89. The van der Waals surface area contributed by atoms with Gasteiger partial charge in [0.15, 0.2) is 0 Å². The molecule has 2 N–H and O–H groups in total. The van der Waals surface area contributed by atoms with E-state index in [1.807, 2.05) is 62.6 Å². The molecule has 0 aromatic heterocycles. The van der Waals surface area contributed by atoms with Crippen LogP contribution in [0.4, 0.5) is 11.4 Å². The fraction of sp³-hybridized carbons (Fsp3) is 0.222. The van der Waals surface area contributed by atoms with Crippen molar-refractivity contribution in [2.45, 2.75) is 25.3 Å². The number of anilines is 1. The summed E-state index contributed by atoms with van der Waals surface area (Å²) in [4.78, 5) is 31.1. The van der Waals surface area contributed by atoms with E-state index in [-0.39, 0.29) is 12.3 Å². The average molecular weight is 476 g/mol. The van der Waals surface area contributed by atoms with E-state index >= 15 is 0 Å². The molecule has 1 aliphatic heterocycles. The topological polar surface area (TPSA) is 82.0 Å². The van der Waals surface area contributed by atoms with E-state index in [1.54, 1.807) is 12.1 Å². The Labute approximate surface area is 203 Å². The molecule has 0 aliphatic carbocycles. The van der Waals surface area contributed by atoms with Crippen molar-refractivity contribution >= 4 is 40.6 Å². The van der Waals surface area contributed by atoms with E-state index in [4.69, 9.17) is 21.7 Å². The van der Waals surface area contributed by atoms with Gasteiger partial charge in [-0.05, 0) is 67.0 Å². The highest BCUT2D eigenvalue weighted by Crippen LogP contribution is 2.37. The summed E-state index contributed by atoms with van der Waals surface area (Å²) in [5.41, 5.74) is 5.76. The van der Waals surface area contributed by atoms with Crippen molar-refractivity contribution in [1.29, 1.82) is 0 Å². The molecule has 0 radical (unpaired) electrons. The summed E-state index contributed by atoms with van der Waals surface area (Å²) >= 11 is 6.15. The Hall–Kier alpha value is -3.48. The van der Waals surface area contributed by atoms with E-state index in [0.717, 1.165) is 34.5 Å². The van der Waals surface area contributed by atoms with Crippen LogP contribution < -0.4 is 5.32 Å².